The smallest absolute Gasteiger partial charge is 0.112 e. The first-order chi connectivity index (χ1) is 8.20. The molecule has 0 radical (unpaired) electrons. The van der Waals surface area contributed by atoms with E-state index < -0.39 is 0 Å². The lowest BCUT2D eigenvalue weighted by Gasteiger charge is -2.03. The minimum atomic E-state index is 0.506. The minimum absolute atomic E-state index is 0.506. The van der Waals surface area contributed by atoms with Gasteiger partial charge in [0, 0.05) is 0 Å². The van der Waals surface area contributed by atoms with Crippen LogP contribution in [0, 0.1) is 6.92 Å². The molecule has 0 aliphatic heterocycles. The fraction of sp³-hybridized carbons (Fsp3) is 0.357. The Morgan fingerprint density at radius 2 is 1.71 bits per heavy atom. The molecule has 3 nitrogen and oxygen atoms in total. The summed E-state index contributed by atoms with van der Waals surface area (Å²) >= 11 is 0. The second-order valence-corrected chi connectivity index (χ2v) is 2.97. The Morgan fingerprint density at radius 3 is 2.24 bits per heavy atom. The van der Waals surface area contributed by atoms with Crippen LogP contribution in [0.3, 0.4) is 0 Å². The van der Waals surface area contributed by atoms with Gasteiger partial charge in [0.15, 0.2) is 0 Å². The lowest BCUT2D eigenvalue weighted by Crippen LogP contribution is -2.05. The number of para-hydroxylation sites is 2. The van der Waals surface area contributed by atoms with Gasteiger partial charge in [-0.25, -0.2) is 4.98 Å². The van der Waals surface area contributed by atoms with Gasteiger partial charge in [-0.05, 0) is 19.1 Å². The molecule has 0 spiro atoms. The largest absolute Gasteiger partial charge is 0.385 e. The molecule has 1 aromatic heterocycles. The van der Waals surface area contributed by atoms with Gasteiger partial charge in [0.1, 0.15) is 11.6 Å². The first kappa shape index (κ1) is 15.2. The van der Waals surface area contributed by atoms with Crippen LogP contribution in [0.2, 0.25) is 0 Å². The Hall–Kier alpha value is -1.77. The summed E-state index contributed by atoms with van der Waals surface area (Å²) in [4.78, 5) is 4.36. The van der Waals surface area contributed by atoms with Crippen molar-refractivity contribution in [3.63, 3.8) is 0 Å². The van der Waals surface area contributed by atoms with Gasteiger partial charge in [0.2, 0.25) is 0 Å². The molecule has 0 aliphatic rings. The Labute approximate surface area is 104 Å². The number of nitrogens with zero attached hydrogens (tertiary/aromatic N) is 2. The van der Waals surface area contributed by atoms with E-state index in [0.717, 1.165) is 16.9 Å². The highest BCUT2D eigenvalue weighted by Crippen LogP contribution is 2.16. The summed E-state index contributed by atoms with van der Waals surface area (Å²) in [5.41, 5.74) is 7.61. The second-order valence-electron chi connectivity index (χ2n) is 2.97. The summed E-state index contributed by atoms with van der Waals surface area (Å²) in [6, 6.07) is 7.86. The molecular weight excluding hydrogens is 210 g/mol. The van der Waals surface area contributed by atoms with Crippen molar-refractivity contribution >= 4 is 16.9 Å². The molecule has 3 heteroatoms. The standard InChI is InChI=1S/C10H11N3.2C2H6/c1-7(11)13-8(2)12-9-5-3-4-6-10(9)13;2*1-2/h3-6H,1,11H2,2H3;2*1-2H3. The van der Waals surface area contributed by atoms with E-state index in [4.69, 9.17) is 5.73 Å². The number of aromatic nitrogens is 2. The quantitative estimate of drug-likeness (QED) is 0.814. The SMILES string of the molecule is C=C(N)n1c(C)nc2ccccc21.CC.CC. The van der Waals surface area contributed by atoms with E-state index >= 15 is 0 Å². The molecule has 0 fully saturated rings. The predicted octanol–water partition coefficient (Wildman–Crippen LogP) is 3.78. The Balaban J connectivity index is 0.000000581. The fourth-order valence-electron chi connectivity index (χ4n) is 1.51. The summed E-state index contributed by atoms with van der Waals surface area (Å²) in [6.45, 7) is 13.6. The fourth-order valence-corrected chi connectivity index (χ4v) is 1.51. The van der Waals surface area contributed by atoms with Crippen LogP contribution < -0.4 is 5.73 Å². The van der Waals surface area contributed by atoms with E-state index in [-0.39, 0.29) is 0 Å². The number of aryl methyl sites for hydroxylation is 1. The highest BCUT2D eigenvalue weighted by Gasteiger charge is 2.05. The van der Waals surface area contributed by atoms with Crippen molar-refractivity contribution in [2.24, 2.45) is 5.73 Å². The van der Waals surface area contributed by atoms with Crippen LogP contribution in [0.15, 0.2) is 30.8 Å². The van der Waals surface area contributed by atoms with Crippen molar-refractivity contribution in [1.29, 1.82) is 0 Å². The minimum Gasteiger partial charge on any atom is -0.385 e. The number of rotatable bonds is 1. The van der Waals surface area contributed by atoms with E-state index in [1.54, 1.807) is 0 Å². The van der Waals surface area contributed by atoms with Crippen LogP contribution in [0.5, 0.6) is 0 Å². The van der Waals surface area contributed by atoms with Crippen molar-refractivity contribution in [3.05, 3.63) is 36.7 Å². The molecule has 17 heavy (non-hydrogen) atoms. The third kappa shape index (κ3) is 3.34. The number of benzene rings is 1. The van der Waals surface area contributed by atoms with E-state index in [2.05, 4.69) is 11.6 Å². The van der Waals surface area contributed by atoms with Gasteiger partial charge in [-0.2, -0.15) is 0 Å². The lowest BCUT2D eigenvalue weighted by molar-refractivity contribution is 1.01. The molecule has 2 aromatic rings. The molecule has 0 atom stereocenters. The predicted molar refractivity (Wildman–Crippen MR) is 76.7 cm³/mol. The van der Waals surface area contributed by atoms with Crippen LogP contribution in [-0.4, -0.2) is 9.55 Å². The van der Waals surface area contributed by atoms with Crippen LogP contribution in [0.25, 0.3) is 16.9 Å². The zero-order chi connectivity index (χ0) is 13.4. The van der Waals surface area contributed by atoms with E-state index in [1.165, 1.54) is 0 Å². The molecule has 0 bridgehead atoms. The maximum absolute atomic E-state index is 5.65. The summed E-state index contributed by atoms with van der Waals surface area (Å²) < 4.78 is 1.84. The maximum atomic E-state index is 5.65. The molecule has 0 saturated carbocycles. The van der Waals surface area contributed by atoms with Gasteiger partial charge >= 0.3 is 0 Å². The third-order valence-electron chi connectivity index (χ3n) is 2.02. The monoisotopic (exact) mass is 233 g/mol. The average molecular weight is 233 g/mol. The first-order valence-corrected chi connectivity index (χ1v) is 6.09. The molecule has 0 saturated heterocycles. The van der Waals surface area contributed by atoms with Crippen molar-refractivity contribution in [2.75, 3.05) is 0 Å². The molecule has 0 amide bonds. The van der Waals surface area contributed by atoms with Crippen LogP contribution in [0.4, 0.5) is 0 Å². The Morgan fingerprint density at radius 1 is 1.18 bits per heavy atom. The number of imidazole rings is 1. The molecule has 2 N–H and O–H groups in total. The molecule has 0 aliphatic carbocycles. The van der Waals surface area contributed by atoms with Gasteiger partial charge in [0.05, 0.1) is 11.0 Å². The van der Waals surface area contributed by atoms with Crippen LogP contribution in [0.1, 0.15) is 33.5 Å². The number of hydrogen-bond acceptors (Lipinski definition) is 2. The number of fused-ring (bicyclic) bond motifs is 1. The Bertz CT molecular complexity index is 469. The summed E-state index contributed by atoms with van der Waals surface area (Å²) in [5, 5.41) is 0. The molecule has 1 aromatic carbocycles. The zero-order valence-corrected chi connectivity index (χ0v) is 11.5. The molecule has 94 valence electrons. The normalized spacial score (nSPS) is 8.76. The molecule has 0 unspecified atom stereocenters. The van der Waals surface area contributed by atoms with E-state index in [0.29, 0.717) is 5.82 Å². The highest BCUT2D eigenvalue weighted by molar-refractivity contribution is 5.79. The highest BCUT2D eigenvalue weighted by atomic mass is 15.1. The topological polar surface area (TPSA) is 43.8 Å². The number of hydrogen-bond donors (Lipinski definition) is 1. The summed E-state index contributed by atoms with van der Waals surface area (Å²) in [6.07, 6.45) is 0. The first-order valence-electron chi connectivity index (χ1n) is 6.09. The number of nitrogens with two attached hydrogens (primary N) is 1. The average Bonchev–Trinajstić information content (AvgIpc) is 2.70. The maximum Gasteiger partial charge on any atom is 0.112 e. The van der Waals surface area contributed by atoms with Crippen molar-refractivity contribution in [2.45, 2.75) is 34.6 Å². The van der Waals surface area contributed by atoms with Gasteiger partial charge in [-0.1, -0.05) is 46.4 Å². The van der Waals surface area contributed by atoms with Gasteiger partial charge in [0.25, 0.3) is 0 Å². The van der Waals surface area contributed by atoms with Crippen LogP contribution >= 0.6 is 0 Å². The molecule has 2 rings (SSSR count). The summed E-state index contributed by atoms with van der Waals surface area (Å²) in [5.74, 6) is 1.37. The van der Waals surface area contributed by atoms with Crippen molar-refractivity contribution in [1.82, 2.24) is 9.55 Å². The van der Waals surface area contributed by atoms with Crippen LogP contribution in [-0.2, 0) is 0 Å². The van der Waals surface area contributed by atoms with Crippen molar-refractivity contribution < 1.29 is 0 Å². The molecule has 1 heterocycles. The van der Waals surface area contributed by atoms with Gasteiger partial charge < -0.3 is 5.73 Å². The van der Waals surface area contributed by atoms with E-state index in [1.807, 2.05) is 63.5 Å². The third-order valence-corrected chi connectivity index (χ3v) is 2.02. The van der Waals surface area contributed by atoms with E-state index in [9.17, 15) is 0 Å². The zero-order valence-electron chi connectivity index (χ0n) is 11.5. The van der Waals surface area contributed by atoms with Gasteiger partial charge in [-0.15, -0.1) is 0 Å². The summed E-state index contributed by atoms with van der Waals surface area (Å²) in [7, 11) is 0. The Kier molecular flexibility index (Phi) is 6.71. The van der Waals surface area contributed by atoms with Gasteiger partial charge in [-0.3, -0.25) is 4.57 Å². The lowest BCUT2D eigenvalue weighted by atomic mass is 10.3. The molecular formula is C14H23N3. The second kappa shape index (κ2) is 7.49. The van der Waals surface area contributed by atoms with Crippen molar-refractivity contribution in [3.8, 4) is 0 Å².